The molecule has 0 fully saturated rings. The molecule has 0 spiro atoms. The van der Waals surface area contributed by atoms with Gasteiger partial charge in [-0.15, -0.1) is 0 Å². The Bertz CT molecular complexity index is 947. The molecule has 2 aromatic rings. The molecule has 0 atom stereocenters. The van der Waals surface area contributed by atoms with Crippen LogP contribution < -0.4 is 5.73 Å². The number of hydrogen-bond donors (Lipinski definition) is 2. The van der Waals surface area contributed by atoms with E-state index in [-0.39, 0.29) is 17.7 Å². The van der Waals surface area contributed by atoms with Crippen molar-refractivity contribution in [3.63, 3.8) is 0 Å². The molecule has 0 aliphatic carbocycles. The molecule has 1 aromatic heterocycles. The van der Waals surface area contributed by atoms with Crippen LogP contribution in [0.15, 0.2) is 24.4 Å². The zero-order chi connectivity index (χ0) is 19.2. The number of nitrogens with two attached hydrogens (primary N) is 1. The van der Waals surface area contributed by atoms with E-state index in [4.69, 9.17) is 5.73 Å². The highest BCUT2D eigenvalue weighted by Gasteiger charge is 2.36. The summed E-state index contributed by atoms with van der Waals surface area (Å²) in [6.07, 6.45) is 1.35. The number of hydrogen-bond acceptors (Lipinski definition) is 3. The van der Waals surface area contributed by atoms with E-state index in [0.29, 0.717) is 17.0 Å². The summed E-state index contributed by atoms with van der Waals surface area (Å²) in [6.45, 7) is 5.69. The van der Waals surface area contributed by atoms with Crippen molar-refractivity contribution in [1.29, 1.82) is 0 Å². The van der Waals surface area contributed by atoms with Crippen molar-refractivity contribution in [2.24, 2.45) is 5.73 Å². The van der Waals surface area contributed by atoms with Crippen molar-refractivity contribution in [3.05, 3.63) is 58.5 Å². The molecule has 0 saturated heterocycles. The van der Waals surface area contributed by atoms with Gasteiger partial charge in [0.2, 0.25) is 0 Å². The minimum absolute atomic E-state index is 0.0276. The van der Waals surface area contributed by atoms with Gasteiger partial charge in [-0.1, -0.05) is 13.8 Å². The molecule has 136 valence electrons. The number of aromatic amines is 1. The molecular weight excluding hydrogens is 342 g/mol. The third kappa shape index (κ3) is 2.87. The van der Waals surface area contributed by atoms with E-state index in [1.807, 2.05) is 13.8 Å². The van der Waals surface area contributed by atoms with E-state index in [1.54, 1.807) is 6.92 Å². The minimum atomic E-state index is -1.12. The van der Waals surface area contributed by atoms with Gasteiger partial charge in [-0.3, -0.25) is 14.7 Å². The third-order valence-corrected chi connectivity index (χ3v) is 4.44. The first-order valence-electron chi connectivity index (χ1n) is 7.95. The Morgan fingerprint density at radius 2 is 1.96 bits per heavy atom. The number of benzene rings is 1. The maximum atomic E-state index is 13.5. The number of aromatic nitrogens is 2. The first-order valence-corrected chi connectivity index (χ1v) is 7.95. The molecule has 0 bridgehead atoms. The number of H-pyrrole nitrogens is 1. The summed E-state index contributed by atoms with van der Waals surface area (Å²) >= 11 is 0. The van der Waals surface area contributed by atoms with E-state index >= 15 is 0 Å². The number of amides is 2. The second-order valence-corrected chi connectivity index (χ2v) is 6.91. The van der Waals surface area contributed by atoms with E-state index < -0.39 is 28.9 Å². The van der Waals surface area contributed by atoms with Crippen LogP contribution in [0.4, 0.5) is 8.78 Å². The van der Waals surface area contributed by atoms with Crippen LogP contribution in [-0.4, -0.2) is 33.5 Å². The Morgan fingerprint density at radius 3 is 2.58 bits per heavy atom. The molecule has 0 saturated carbocycles. The van der Waals surface area contributed by atoms with Gasteiger partial charge in [0.25, 0.3) is 11.8 Å². The Hall–Kier alpha value is -3.03. The van der Waals surface area contributed by atoms with E-state index in [0.717, 1.165) is 12.1 Å². The van der Waals surface area contributed by atoms with Crippen LogP contribution in [0, 0.1) is 18.6 Å². The average molecular weight is 360 g/mol. The standard InChI is InChI=1S/C18H18F2N4O2/c1-9-14-11(16(21)25)7-24(8-18(2,3)15(14)23-22-9)17(26)10-4-5-12(19)13(20)6-10/h4-7H,8H2,1-3H3,(H2,21,25)(H,22,23). The molecule has 3 N–H and O–H groups in total. The lowest BCUT2D eigenvalue weighted by atomic mass is 9.85. The van der Waals surface area contributed by atoms with Crippen LogP contribution in [0.25, 0.3) is 5.57 Å². The van der Waals surface area contributed by atoms with Crippen LogP contribution in [-0.2, 0) is 10.2 Å². The first-order chi connectivity index (χ1) is 12.1. The summed E-state index contributed by atoms with van der Waals surface area (Å²) in [5.41, 5.74) is 6.86. The van der Waals surface area contributed by atoms with Gasteiger partial charge < -0.3 is 10.6 Å². The fourth-order valence-corrected chi connectivity index (χ4v) is 3.13. The number of halogens is 2. The Labute approximate surface area is 148 Å². The summed E-state index contributed by atoms with van der Waals surface area (Å²) < 4.78 is 26.7. The normalized spacial score (nSPS) is 15.9. The van der Waals surface area contributed by atoms with Crippen molar-refractivity contribution in [2.45, 2.75) is 26.2 Å². The summed E-state index contributed by atoms with van der Waals surface area (Å²) in [4.78, 5) is 26.1. The van der Waals surface area contributed by atoms with E-state index in [1.165, 1.54) is 17.2 Å². The van der Waals surface area contributed by atoms with Gasteiger partial charge >= 0.3 is 0 Å². The lowest BCUT2D eigenvalue weighted by Gasteiger charge is -2.28. The molecular formula is C18H18F2N4O2. The zero-order valence-electron chi connectivity index (χ0n) is 14.6. The highest BCUT2D eigenvalue weighted by Crippen LogP contribution is 2.35. The highest BCUT2D eigenvalue weighted by molar-refractivity contribution is 6.20. The molecule has 8 heteroatoms. The van der Waals surface area contributed by atoms with Crippen LogP contribution in [0.3, 0.4) is 0 Å². The maximum absolute atomic E-state index is 13.5. The predicted octanol–water partition coefficient (Wildman–Crippen LogP) is 2.26. The van der Waals surface area contributed by atoms with Gasteiger partial charge in [0.05, 0.1) is 17.0 Å². The SMILES string of the molecule is Cc1n[nH]c2c1C(C(N)=O)=CN(C(=O)c1ccc(F)c(F)c1)CC2(C)C. The number of nitrogens with one attached hydrogen (secondary N) is 1. The number of nitrogens with zero attached hydrogens (tertiary/aromatic N) is 2. The number of primary amides is 1. The fourth-order valence-electron chi connectivity index (χ4n) is 3.13. The molecule has 26 heavy (non-hydrogen) atoms. The van der Waals surface area contributed by atoms with Gasteiger partial charge in [-0.25, -0.2) is 8.78 Å². The van der Waals surface area contributed by atoms with Crippen molar-refractivity contribution < 1.29 is 18.4 Å². The van der Waals surface area contributed by atoms with Crippen molar-refractivity contribution >= 4 is 17.4 Å². The highest BCUT2D eigenvalue weighted by atomic mass is 19.2. The smallest absolute Gasteiger partial charge is 0.257 e. The van der Waals surface area contributed by atoms with Gasteiger partial charge in [0.1, 0.15) is 0 Å². The number of aryl methyl sites for hydroxylation is 1. The fraction of sp³-hybridized carbons (Fsp3) is 0.278. The second-order valence-electron chi connectivity index (χ2n) is 6.91. The number of carbonyl (C=O) groups excluding carboxylic acids is 2. The average Bonchev–Trinajstić information content (AvgIpc) is 2.89. The molecule has 1 aliphatic rings. The zero-order valence-corrected chi connectivity index (χ0v) is 14.6. The topological polar surface area (TPSA) is 92.1 Å². The maximum Gasteiger partial charge on any atom is 0.257 e. The molecule has 1 aliphatic heterocycles. The van der Waals surface area contributed by atoms with Crippen molar-refractivity contribution in [2.75, 3.05) is 6.54 Å². The lowest BCUT2D eigenvalue weighted by Crippen LogP contribution is -2.37. The van der Waals surface area contributed by atoms with Crippen LogP contribution in [0.1, 0.15) is 41.2 Å². The molecule has 6 nitrogen and oxygen atoms in total. The number of fused-ring (bicyclic) bond motifs is 1. The first kappa shape index (κ1) is 17.8. The predicted molar refractivity (Wildman–Crippen MR) is 90.9 cm³/mol. The van der Waals surface area contributed by atoms with Gasteiger partial charge in [-0.05, 0) is 25.1 Å². The monoisotopic (exact) mass is 360 g/mol. The second kappa shape index (κ2) is 6.05. The summed E-state index contributed by atoms with van der Waals surface area (Å²) in [5, 5.41) is 7.06. The van der Waals surface area contributed by atoms with Crippen LogP contribution in [0.2, 0.25) is 0 Å². The number of carbonyl (C=O) groups is 2. The van der Waals surface area contributed by atoms with E-state index in [9.17, 15) is 18.4 Å². The van der Waals surface area contributed by atoms with Crippen LogP contribution >= 0.6 is 0 Å². The third-order valence-electron chi connectivity index (χ3n) is 4.44. The summed E-state index contributed by atoms with van der Waals surface area (Å²) in [7, 11) is 0. The molecule has 0 radical (unpaired) electrons. The van der Waals surface area contributed by atoms with Crippen LogP contribution in [0.5, 0.6) is 0 Å². The van der Waals surface area contributed by atoms with Gasteiger partial charge in [0, 0.05) is 29.3 Å². The molecule has 3 rings (SSSR count). The van der Waals surface area contributed by atoms with Gasteiger partial charge in [0.15, 0.2) is 11.6 Å². The summed E-state index contributed by atoms with van der Waals surface area (Å²) in [5.74, 6) is -3.43. The lowest BCUT2D eigenvalue weighted by molar-refractivity contribution is -0.112. The number of rotatable bonds is 2. The summed E-state index contributed by atoms with van der Waals surface area (Å²) in [6, 6.07) is 2.92. The Balaban J connectivity index is 2.12. The Morgan fingerprint density at radius 1 is 1.27 bits per heavy atom. The molecule has 1 aromatic carbocycles. The molecule has 2 amide bonds. The van der Waals surface area contributed by atoms with Crippen molar-refractivity contribution in [1.82, 2.24) is 15.1 Å². The largest absolute Gasteiger partial charge is 0.366 e. The molecule has 0 unspecified atom stereocenters. The van der Waals surface area contributed by atoms with Crippen molar-refractivity contribution in [3.8, 4) is 0 Å². The minimum Gasteiger partial charge on any atom is -0.366 e. The molecule has 2 heterocycles. The quantitative estimate of drug-likeness (QED) is 0.860. The van der Waals surface area contributed by atoms with E-state index in [2.05, 4.69) is 10.2 Å². The Kier molecular flexibility index (Phi) is 4.14. The van der Waals surface area contributed by atoms with Gasteiger partial charge in [-0.2, -0.15) is 5.10 Å².